The predicted octanol–water partition coefficient (Wildman–Crippen LogP) is 7.43. The molecule has 0 spiro atoms. The molecule has 1 aliphatic carbocycles. The summed E-state index contributed by atoms with van der Waals surface area (Å²) in [6.45, 7) is 4.25. The van der Waals surface area contributed by atoms with E-state index in [1.807, 2.05) is 37.3 Å². The van der Waals surface area contributed by atoms with Crippen LogP contribution in [0.2, 0.25) is 0 Å². The fraction of sp³-hybridized carbons (Fsp3) is 0.417. The van der Waals surface area contributed by atoms with Crippen LogP contribution in [-0.4, -0.2) is 0 Å². The second-order valence-electron chi connectivity index (χ2n) is 7.61. The lowest BCUT2D eigenvalue weighted by molar-refractivity contribution is 0.347. The topological polar surface area (TPSA) is 0 Å². The second kappa shape index (κ2) is 8.62. The SMILES string of the molecule is C/C=C/CCc1ccc(-c2ccc(C3CCC(C)CC3)cc2F)cc1F. The Hall–Kier alpha value is -1.96. The molecule has 1 fully saturated rings. The maximum atomic E-state index is 14.7. The molecule has 0 bridgehead atoms. The Morgan fingerprint density at radius 1 is 0.962 bits per heavy atom. The van der Waals surface area contributed by atoms with Gasteiger partial charge in [-0.15, -0.1) is 0 Å². The molecule has 0 heterocycles. The fourth-order valence-electron chi connectivity index (χ4n) is 3.94. The Balaban J connectivity index is 1.78. The molecule has 0 unspecified atom stereocenters. The third kappa shape index (κ3) is 4.41. The maximum Gasteiger partial charge on any atom is 0.131 e. The highest BCUT2D eigenvalue weighted by Crippen LogP contribution is 2.37. The summed E-state index contributed by atoms with van der Waals surface area (Å²) < 4.78 is 29.1. The number of halogens is 2. The third-order valence-electron chi connectivity index (χ3n) is 5.66. The van der Waals surface area contributed by atoms with Gasteiger partial charge in [-0.2, -0.15) is 0 Å². The summed E-state index contributed by atoms with van der Waals surface area (Å²) in [5.74, 6) is 0.740. The summed E-state index contributed by atoms with van der Waals surface area (Å²) in [5, 5.41) is 0. The van der Waals surface area contributed by atoms with E-state index in [2.05, 4.69) is 6.92 Å². The molecule has 0 amide bonds. The van der Waals surface area contributed by atoms with E-state index in [9.17, 15) is 8.78 Å². The quantitative estimate of drug-likeness (QED) is 0.490. The van der Waals surface area contributed by atoms with Gasteiger partial charge in [-0.3, -0.25) is 0 Å². The first-order chi connectivity index (χ1) is 12.6. The lowest BCUT2D eigenvalue weighted by atomic mass is 9.79. The number of benzene rings is 2. The van der Waals surface area contributed by atoms with Crippen LogP contribution in [0.3, 0.4) is 0 Å². The average molecular weight is 354 g/mol. The molecular weight excluding hydrogens is 326 g/mol. The molecule has 0 radical (unpaired) electrons. The first-order valence-electron chi connectivity index (χ1n) is 9.78. The highest BCUT2D eigenvalue weighted by molar-refractivity contribution is 5.65. The summed E-state index contributed by atoms with van der Waals surface area (Å²) in [7, 11) is 0. The van der Waals surface area contributed by atoms with Gasteiger partial charge in [0, 0.05) is 5.56 Å². The first-order valence-corrected chi connectivity index (χ1v) is 9.78. The van der Waals surface area contributed by atoms with E-state index >= 15 is 0 Å². The lowest BCUT2D eigenvalue weighted by Crippen LogP contribution is -2.11. The van der Waals surface area contributed by atoms with Gasteiger partial charge in [-0.25, -0.2) is 8.78 Å². The van der Waals surface area contributed by atoms with Crippen molar-refractivity contribution in [1.29, 1.82) is 0 Å². The summed E-state index contributed by atoms with van der Waals surface area (Å²) in [5.41, 5.74) is 2.86. The standard InChI is InChI=1S/C24H28F2/c1-3-4-5-6-19-11-12-21(16-23(19)25)22-14-13-20(15-24(22)26)18-9-7-17(2)8-10-18/h3-4,11-18H,5-10H2,1-2H3/b4-3+. The Bertz CT molecular complexity index is 768. The van der Waals surface area contributed by atoms with E-state index < -0.39 is 0 Å². The highest BCUT2D eigenvalue weighted by atomic mass is 19.1. The van der Waals surface area contributed by atoms with Gasteiger partial charge in [-0.1, -0.05) is 56.2 Å². The molecule has 26 heavy (non-hydrogen) atoms. The van der Waals surface area contributed by atoms with Crippen molar-refractivity contribution < 1.29 is 8.78 Å². The number of hydrogen-bond donors (Lipinski definition) is 0. The molecule has 0 aromatic heterocycles. The van der Waals surface area contributed by atoms with Crippen LogP contribution in [0.5, 0.6) is 0 Å². The molecule has 3 rings (SSSR count). The molecule has 1 saturated carbocycles. The molecule has 0 N–H and O–H groups in total. The van der Waals surface area contributed by atoms with Gasteiger partial charge in [0.05, 0.1) is 0 Å². The van der Waals surface area contributed by atoms with Crippen molar-refractivity contribution in [2.75, 3.05) is 0 Å². The largest absolute Gasteiger partial charge is 0.207 e. The molecular formula is C24H28F2. The van der Waals surface area contributed by atoms with Gasteiger partial charge >= 0.3 is 0 Å². The minimum atomic E-state index is -0.253. The minimum absolute atomic E-state index is 0.248. The number of allylic oxidation sites excluding steroid dienone is 2. The molecule has 0 nitrogen and oxygen atoms in total. The van der Waals surface area contributed by atoms with E-state index in [4.69, 9.17) is 0 Å². The van der Waals surface area contributed by atoms with E-state index in [1.54, 1.807) is 12.1 Å². The van der Waals surface area contributed by atoms with Gasteiger partial charge in [0.15, 0.2) is 0 Å². The zero-order valence-corrected chi connectivity index (χ0v) is 15.8. The monoisotopic (exact) mass is 354 g/mol. The lowest BCUT2D eigenvalue weighted by Gasteiger charge is -2.26. The van der Waals surface area contributed by atoms with Gasteiger partial charge in [0.2, 0.25) is 0 Å². The highest BCUT2D eigenvalue weighted by Gasteiger charge is 2.21. The first kappa shape index (κ1) is 18.8. The van der Waals surface area contributed by atoms with E-state index in [0.717, 1.165) is 30.7 Å². The molecule has 2 heteroatoms. The van der Waals surface area contributed by atoms with E-state index in [1.165, 1.54) is 18.9 Å². The van der Waals surface area contributed by atoms with Crippen molar-refractivity contribution in [3.8, 4) is 11.1 Å². The maximum absolute atomic E-state index is 14.7. The summed E-state index contributed by atoms with van der Waals surface area (Å²) in [4.78, 5) is 0. The average Bonchev–Trinajstić information content (AvgIpc) is 2.64. The molecule has 0 saturated heterocycles. The van der Waals surface area contributed by atoms with Crippen LogP contribution in [0.25, 0.3) is 11.1 Å². The molecule has 0 aliphatic heterocycles. The van der Waals surface area contributed by atoms with Crippen LogP contribution >= 0.6 is 0 Å². The fourth-order valence-corrected chi connectivity index (χ4v) is 3.94. The van der Waals surface area contributed by atoms with Crippen molar-refractivity contribution >= 4 is 0 Å². The van der Waals surface area contributed by atoms with E-state index in [0.29, 0.717) is 29.0 Å². The normalized spacial score (nSPS) is 20.6. The molecule has 2 aromatic rings. The number of hydrogen-bond acceptors (Lipinski definition) is 0. The predicted molar refractivity (Wildman–Crippen MR) is 105 cm³/mol. The van der Waals surface area contributed by atoms with Crippen molar-refractivity contribution in [3.05, 3.63) is 71.3 Å². The van der Waals surface area contributed by atoms with Crippen molar-refractivity contribution in [3.63, 3.8) is 0 Å². The van der Waals surface area contributed by atoms with E-state index in [-0.39, 0.29) is 11.6 Å². The molecule has 1 aliphatic rings. The van der Waals surface area contributed by atoms with Crippen molar-refractivity contribution in [2.24, 2.45) is 5.92 Å². The zero-order valence-electron chi connectivity index (χ0n) is 15.8. The summed E-state index contributed by atoms with van der Waals surface area (Å²) >= 11 is 0. The Labute approximate surface area is 156 Å². The third-order valence-corrected chi connectivity index (χ3v) is 5.66. The van der Waals surface area contributed by atoms with Crippen LogP contribution in [0, 0.1) is 17.6 Å². The zero-order chi connectivity index (χ0) is 18.5. The van der Waals surface area contributed by atoms with Gasteiger partial charge in [-0.05, 0) is 73.3 Å². The number of aryl methyl sites for hydroxylation is 1. The van der Waals surface area contributed by atoms with Crippen LogP contribution in [0.15, 0.2) is 48.6 Å². The molecule has 138 valence electrons. The van der Waals surface area contributed by atoms with Crippen LogP contribution in [-0.2, 0) is 6.42 Å². The Morgan fingerprint density at radius 3 is 2.38 bits per heavy atom. The Kier molecular flexibility index (Phi) is 6.24. The Morgan fingerprint density at radius 2 is 1.73 bits per heavy atom. The summed E-state index contributed by atoms with van der Waals surface area (Å²) in [6.07, 6.45) is 10.2. The second-order valence-corrected chi connectivity index (χ2v) is 7.61. The van der Waals surface area contributed by atoms with Crippen LogP contribution in [0.4, 0.5) is 8.78 Å². The number of rotatable bonds is 5. The summed E-state index contributed by atoms with van der Waals surface area (Å²) in [6, 6.07) is 10.6. The van der Waals surface area contributed by atoms with Gasteiger partial charge < -0.3 is 0 Å². The minimum Gasteiger partial charge on any atom is -0.207 e. The van der Waals surface area contributed by atoms with Crippen LogP contribution < -0.4 is 0 Å². The van der Waals surface area contributed by atoms with Crippen molar-refractivity contribution in [1.82, 2.24) is 0 Å². The smallest absolute Gasteiger partial charge is 0.131 e. The molecule has 0 atom stereocenters. The van der Waals surface area contributed by atoms with Crippen LogP contribution in [0.1, 0.15) is 63.0 Å². The molecule has 2 aromatic carbocycles. The van der Waals surface area contributed by atoms with Gasteiger partial charge in [0.1, 0.15) is 11.6 Å². The van der Waals surface area contributed by atoms with Crippen molar-refractivity contribution in [2.45, 2.75) is 58.3 Å². The van der Waals surface area contributed by atoms with Gasteiger partial charge in [0.25, 0.3) is 0 Å².